The molecule has 10 atom stereocenters. The van der Waals surface area contributed by atoms with Crippen LogP contribution >= 0.6 is 0 Å². The molecule has 176 valence electrons. The minimum absolute atomic E-state index is 0.165. The first-order chi connectivity index (χ1) is 14.7. The summed E-state index contributed by atoms with van der Waals surface area (Å²) in [6.07, 6.45) is -6.47. The monoisotopic (exact) mass is 446 g/mol. The fourth-order valence-corrected chi connectivity index (χ4v) is 4.97. The summed E-state index contributed by atoms with van der Waals surface area (Å²) in [4.78, 5) is 12.3. The molecule has 1 saturated carbocycles. The van der Waals surface area contributed by atoms with Crippen molar-refractivity contribution in [3.63, 3.8) is 0 Å². The van der Waals surface area contributed by atoms with Crippen molar-refractivity contribution in [3.8, 4) is 0 Å². The molecule has 4 N–H and O–H groups in total. The standard InChI is InChI=1S/C20H30O11/c1-20(2)28-7-10-11(31-20)4-8-9(17(25)26-3)6-27-18(13(8)10)30-19-16(24)15(23)14(22)12(5-21)29-19/h6,8,10-16,18-19,21-24H,4-5,7H2,1-3H3/t8?,10-,11-,12+,13?,14+,15-,16+,18?,19-/m0/s1. The molecule has 0 aromatic carbocycles. The van der Waals surface area contributed by atoms with Crippen LogP contribution in [0, 0.1) is 17.8 Å². The van der Waals surface area contributed by atoms with E-state index in [0.717, 1.165) is 0 Å². The molecule has 1 aliphatic carbocycles. The minimum atomic E-state index is -1.57. The van der Waals surface area contributed by atoms with E-state index in [1.54, 1.807) is 0 Å². The SMILES string of the molecule is COC(=O)C1=COC(O[C@@H]2O[C@H](CO)[C@@H](O)[C@H](O)[C@H]2O)C2C1C[C@@H]1OC(C)(C)OC[C@H]21. The fraction of sp³-hybridized carbons (Fsp3) is 0.850. The lowest BCUT2D eigenvalue weighted by molar-refractivity contribution is -0.348. The smallest absolute Gasteiger partial charge is 0.337 e. The number of methoxy groups -OCH3 is 1. The first-order valence-electron chi connectivity index (χ1n) is 10.4. The zero-order chi connectivity index (χ0) is 22.5. The Kier molecular flexibility index (Phi) is 6.32. The fourth-order valence-electron chi connectivity index (χ4n) is 4.97. The van der Waals surface area contributed by atoms with Crippen LogP contribution in [0.3, 0.4) is 0 Å². The summed E-state index contributed by atoms with van der Waals surface area (Å²) in [5, 5.41) is 39.8. The van der Waals surface area contributed by atoms with E-state index in [1.807, 2.05) is 13.8 Å². The number of fused-ring (bicyclic) bond motifs is 3. The molecule has 2 saturated heterocycles. The molecular weight excluding hydrogens is 416 g/mol. The lowest BCUT2D eigenvalue weighted by Gasteiger charge is -2.44. The third kappa shape index (κ3) is 4.09. The maximum Gasteiger partial charge on any atom is 0.337 e. The molecule has 4 rings (SSSR count). The highest BCUT2D eigenvalue weighted by molar-refractivity contribution is 5.89. The van der Waals surface area contributed by atoms with Crippen molar-refractivity contribution < 1.29 is 53.6 Å². The molecule has 31 heavy (non-hydrogen) atoms. The number of aliphatic hydroxyl groups is 4. The molecule has 3 heterocycles. The van der Waals surface area contributed by atoms with E-state index < -0.39 is 55.4 Å². The van der Waals surface area contributed by atoms with Crippen LogP contribution in [0.5, 0.6) is 0 Å². The van der Waals surface area contributed by atoms with Crippen LogP contribution in [0.4, 0.5) is 0 Å². The van der Waals surface area contributed by atoms with Gasteiger partial charge in [-0.3, -0.25) is 0 Å². The van der Waals surface area contributed by atoms with Gasteiger partial charge in [0.25, 0.3) is 0 Å². The number of esters is 1. The van der Waals surface area contributed by atoms with Gasteiger partial charge in [0, 0.05) is 17.8 Å². The number of ether oxygens (including phenoxy) is 6. The quantitative estimate of drug-likeness (QED) is 0.378. The van der Waals surface area contributed by atoms with Gasteiger partial charge in [-0.1, -0.05) is 0 Å². The van der Waals surface area contributed by atoms with Gasteiger partial charge in [0.15, 0.2) is 12.1 Å². The van der Waals surface area contributed by atoms with Crippen molar-refractivity contribution in [1.82, 2.24) is 0 Å². The maximum absolute atomic E-state index is 12.3. The Morgan fingerprint density at radius 2 is 1.94 bits per heavy atom. The molecule has 0 aromatic rings. The molecule has 0 spiro atoms. The summed E-state index contributed by atoms with van der Waals surface area (Å²) in [7, 11) is 1.29. The Balaban J connectivity index is 1.58. The summed E-state index contributed by atoms with van der Waals surface area (Å²) < 4.78 is 33.9. The first-order valence-corrected chi connectivity index (χ1v) is 10.4. The summed E-state index contributed by atoms with van der Waals surface area (Å²) in [6, 6.07) is 0. The summed E-state index contributed by atoms with van der Waals surface area (Å²) >= 11 is 0. The Morgan fingerprint density at radius 3 is 2.61 bits per heavy atom. The number of carbonyl (C=O) groups is 1. The molecule has 0 aromatic heterocycles. The number of hydrogen-bond donors (Lipinski definition) is 4. The molecule has 3 fully saturated rings. The largest absolute Gasteiger partial charge is 0.472 e. The Hall–Kier alpha value is -1.31. The minimum Gasteiger partial charge on any atom is -0.472 e. The second-order valence-corrected chi connectivity index (χ2v) is 8.85. The van der Waals surface area contributed by atoms with Crippen molar-refractivity contribution in [3.05, 3.63) is 11.8 Å². The zero-order valence-electron chi connectivity index (χ0n) is 17.6. The topological polar surface area (TPSA) is 153 Å². The van der Waals surface area contributed by atoms with Crippen molar-refractivity contribution in [2.75, 3.05) is 20.3 Å². The van der Waals surface area contributed by atoms with Crippen LogP contribution in [0.25, 0.3) is 0 Å². The van der Waals surface area contributed by atoms with E-state index in [4.69, 9.17) is 28.4 Å². The van der Waals surface area contributed by atoms with Crippen molar-refractivity contribution in [2.24, 2.45) is 17.8 Å². The highest BCUT2D eigenvalue weighted by atomic mass is 16.8. The summed E-state index contributed by atoms with van der Waals surface area (Å²) in [5.41, 5.74) is 0.358. The summed E-state index contributed by atoms with van der Waals surface area (Å²) in [6.45, 7) is 3.42. The van der Waals surface area contributed by atoms with Crippen LogP contribution in [0.15, 0.2) is 11.8 Å². The molecule has 0 radical (unpaired) electrons. The Morgan fingerprint density at radius 1 is 1.19 bits per heavy atom. The molecule has 4 aliphatic rings. The van der Waals surface area contributed by atoms with Gasteiger partial charge < -0.3 is 48.8 Å². The normalized spacial score (nSPS) is 46.4. The predicted octanol–water partition coefficient (Wildman–Crippen LogP) is -1.38. The lowest BCUT2D eigenvalue weighted by atomic mass is 9.82. The van der Waals surface area contributed by atoms with Crippen LogP contribution in [-0.4, -0.2) is 95.6 Å². The van der Waals surface area contributed by atoms with Gasteiger partial charge >= 0.3 is 5.97 Å². The third-order valence-corrected chi connectivity index (χ3v) is 6.56. The Bertz CT molecular complexity index is 707. The van der Waals surface area contributed by atoms with Gasteiger partial charge in [-0.2, -0.15) is 0 Å². The second kappa shape index (κ2) is 8.56. The summed E-state index contributed by atoms with van der Waals surface area (Å²) in [5.74, 6) is -2.13. The number of aliphatic hydroxyl groups excluding tert-OH is 4. The van der Waals surface area contributed by atoms with E-state index in [2.05, 4.69) is 0 Å². The van der Waals surface area contributed by atoms with Gasteiger partial charge in [-0.25, -0.2) is 4.79 Å². The first kappa shape index (κ1) is 22.9. The van der Waals surface area contributed by atoms with Crippen molar-refractivity contribution in [2.45, 2.75) is 69.2 Å². The maximum atomic E-state index is 12.3. The van der Waals surface area contributed by atoms with E-state index in [1.165, 1.54) is 13.4 Å². The van der Waals surface area contributed by atoms with Gasteiger partial charge in [0.1, 0.15) is 24.4 Å². The zero-order valence-corrected chi connectivity index (χ0v) is 17.6. The van der Waals surface area contributed by atoms with E-state index in [-0.39, 0.29) is 23.9 Å². The van der Waals surface area contributed by atoms with E-state index in [9.17, 15) is 25.2 Å². The van der Waals surface area contributed by atoms with Gasteiger partial charge in [0.05, 0.1) is 38.3 Å². The average Bonchev–Trinajstić information content (AvgIpc) is 3.11. The molecule has 11 nitrogen and oxygen atoms in total. The van der Waals surface area contributed by atoms with Crippen LogP contribution < -0.4 is 0 Å². The third-order valence-electron chi connectivity index (χ3n) is 6.56. The molecule has 3 unspecified atom stereocenters. The number of carbonyl (C=O) groups excluding carboxylic acids is 1. The average molecular weight is 446 g/mol. The second-order valence-electron chi connectivity index (χ2n) is 8.85. The van der Waals surface area contributed by atoms with Crippen molar-refractivity contribution >= 4 is 5.97 Å². The molecule has 0 amide bonds. The number of rotatable bonds is 4. The van der Waals surface area contributed by atoms with Crippen LogP contribution in [0.1, 0.15) is 20.3 Å². The lowest BCUT2D eigenvalue weighted by Crippen LogP contribution is -2.60. The molecule has 3 aliphatic heterocycles. The van der Waals surface area contributed by atoms with Crippen LogP contribution in [-0.2, 0) is 33.2 Å². The highest BCUT2D eigenvalue weighted by Gasteiger charge is 2.57. The predicted molar refractivity (Wildman–Crippen MR) is 99.8 cm³/mol. The Labute approximate surface area is 179 Å². The molecule has 11 heteroatoms. The molecule has 0 bridgehead atoms. The number of hydrogen-bond acceptors (Lipinski definition) is 11. The van der Waals surface area contributed by atoms with E-state index in [0.29, 0.717) is 18.6 Å². The molecular formula is C20H30O11. The van der Waals surface area contributed by atoms with Gasteiger partial charge in [0.2, 0.25) is 6.29 Å². The van der Waals surface area contributed by atoms with Gasteiger partial charge in [-0.15, -0.1) is 0 Å². The van der Waals surface area contributed by atoms with Gasteiger partial charge in [-0.05, 0) is 20.3 Å². The highest BCUT2D eigenvalue weighted by Crippen LogP contribution is 2.51. The van der Waals surface area contributed by atoms with Crippen LogP contribution in [0.2, 0.25) is 0 Å². The van der Waals surface area contributed by atoms with Crippen molar-refractivity contribution in [1.29, 1.82) is 0 Å². The van der Waals surface area contributed by atoms with E-state index >= 15 is 0 Å².